The van der Waals surface area contributed by atoms with Crippen LogP contribution in [0.25, 0.3) is 10.2 Å². The van der Waals surface area contributed by atoms with E-state index in [-0.39, 0.29) is 5.91 Å². The van der Waals surface area contributed by atoms with Crippen LogP contribution in [0.2, 0.25) is 0 Å². The Labute approximate surface area is 200 Å². The van der Waals surface area contributed by atoms with Crippen LogP contribution in [0.1, 0.15) is 31.7 Å². The maximum absolute atomic E-state index is 13.5. The maximum Gasteiger partial charge on any atom is 0.269 e. The second-order valence-electron chi connectivity index (χ2n) is 7.64. The van der Waals surface area contributed by atoms with E-state index in [9.17, 15) is 4.79 Å². The zero-order valence-electron chi connectivity index (χ0n) is 18.3. The third-order valence-corrected chi connectivity index (χ3v) is 8.75. The fourth-order valence-corrected chi connectivity index (χ4v) is 7.09. The van der Waals surface area contributed by atoms with E-state index in [4.69, 9.17) is 4.99 Å². The molecule has 1 aromatic heterocycles. The molecule has 5 rings (SSSR count). The van der Waals surface area contributed by atoms with Crippen molar-refractivity contribution in [2.45, 2.75) is 38.5 Å². The van der Waals surface area contributed by atoms with E-state index in [1.54, 1.807) is 23.1 Å². The van der Waals surface area contributed by atoms with Gasteiger partial charge < -0.3 is 4.90 Å². The number of thioether (sulfide) groups is 2. The van der Waals surface area contributed by atoms with Crippen LogP contribution >= 0.6 is 34.9 Å². The summed E-state index contributed by atoms with van der Waals surface area (Å²) < 4.78 is 1.16. The first-order chi connectivity index (χ1) is 15.6. The van der Waals surface area contributed by atoms with Gasteiger partial charge in [0.25, 0.3) is 5.91 Å². The smallest absolute Gasteiger partial charge is 0.269 e. The summed E-state index contributed by atoms with van der Waals surface area (Å²) in [5, 5.41) is 2.81. The maximum atomic E-state index is 13.5. The highest BCUT2D eigenvalue weighted by Crippen LogP contribution is 2.50. The number of hydrogen-bond donors (Lipinski definition) is 0. The number of benzene rings is 2. The number of thiazole rings is 1. The molecule has 0 saturated carbocycles. The third kappa shape index (κ3) is 3.84. The third-order valence-electron chi connectivity index (χ3n) is 5.42. The predicted molar refractivity (Wildman–Crippen MR) is 138 cm³/mol. The highest BCUT2D eigenvalue weighted by Gasteiger charge is 2.39. The average molecular weight is 481 g/mol. The highest BCUT2D eigenvalue weighted by atomic mass is 32.2. The number of rotatable bonds is 5. The van der Waals surface area contributed by atoms with Gasteiger partial charge in [-0.05, 0) is 62.4 Å². The summed E-state index contributed by atoms with van der Waals surface area (Å²) in [6, 6.07) is 14.4. The first-order valence-electron chi connectivity index (χ1n) is 10.8. The van der Waals surface area contributed by atoms with Gasteiger partial charge in [0.05, 0.1) is 26.6 Å². The molecule has 0 spiro atoms. The fraction of sp³-hybridized carbons (Fsp3) is 0.292. The summed E-state index contributed by atoms with van der Waals surface area (Å²) in [6.07, 6.45) is 1.97. The minimum Gasteiger partial charge on any atom is -0.334 e. The lowest BCUT2D eigenvalue weighted by Crippen LogP contribution is -2.30. The molecule has 8 heteroatoms. The monoisotopic (exact) mass is 480 g/mol. The number of amidine groups is 1. The molecule has 1 fully saturated rings. The van der Waals surface area contributed by atoms with Crippen molar-refractivity contribution in [3.63, 3.8) is 0 Å². The van der Waals surface area contributed by atoms with Crippen LogP contribution in [0, 0.1) is 6.92 Å². The Hall–Kier alpha value is -2.29. The van der Waals surface area contributed by atoms with Crippen LogP contribution in [-0.4, -0.2) is 34.0 Å². The lowest BCUT2D eigenvalue weighted by Gasteiger charge is -2.19. The van der Waals surface area contributed by atoms with Gasteiger partial charge in [-0.3, -0.25) is 9.69 Å². The Bertz CT molecular complexity index is 1260. The van der Waals surface area contributed by atoms with E-state index in [2.05, 4.69) is 48.0 Å². The molecular weight excluding hydrogens is 456 g/mol. The fourth-order valence-electron chi connectivity index (χ4n) is 3.86. The number of nitrogens with zero attached hydrogens (tertiary/aromatic N) is 4. The molecule has 3 aromatic rings. The van der Waals surface area contributed by atoms with Gasteiger partial charge in [0.2, 0.25) is 0 Å². The molecule has 164 valence electrons. The predicted octanol–water partition coefficient (Wildman–Crippen LogP) is 6.77. The molecule has 1 amide bonds. The second kappa shape index (κ2) is 8.92. The van der Waals surface area contributed by atoms with Crippen LogP contribution in [0.4, 0.5) is 11.4 Å². The molecule has 0 atom stereocenters. The van der Waals surface area contributed by atoms with Gasteiger partial charge in [-0.15, -0.1) is 11.3 Å². The van der Waals surface area contributed by atoms with E-state index in [1.807, 2.05) is 30.0 Å². The number of aryl methyl sites for hydroxylation is 1. The number of para-hydroxylation sites is 1. The van der Waals surface area contributed by atoms with Crippen LogP contribution in [-0.2, 0) is 4.79 Å². The zero-order valence-corrected chi connectivity index (χ0v) is 20.7. The number of carbonyl (C=O) groups excluding carboxylic acids is 1. The van der Waals surface area contributed by atoms with Crippen molar-refractivity contribution in [1.29, 1.82) is 0 Å². The normalized spacial score (nSPS) is 19.6. The van der Waals surface area contributed by atoms with Gasteiger partial charge in [-0.2, -0.15) is 0 Å². The second-order valence-corrected chi connectivity index (χ2v) is 10.9. The molecule has 5 nitrogen and oxygen atoms in total. The van der Waals surface area contributed by atoms with E-state index >= 15 is 0 Å². The molecule has 2 aromatic carbocycles. The topological polar surface area (TPSA) is 48.8 Å². The molecule has 2 aliphatic rings. The number of unbranched alkanes of at least 4 members (excludes halogenated alkanes) is 1. The van der Waals surface area contributed by atoms with Crippen LogP contribution in [0.15, 0.2) is 62.3 Å². The molecule has 32 heavy (non-hydrogen) atoms. The standard InChI is InChI=1S/C24H24N4OS3/c1-4-6-13-28-22(29)21(23-27(5-2)18-9-7-8-10-20(18)31-23)32-24(28)26-16-11-12-19-17(14-16)25-15(3)30-19/h7-12,14H,4-6,13H2,1-3H3/b23-21-,26-24?. The van der Waals surface area contributed by atoms with Crippen LogP contribution < -0.4 is 4.90 Å². The highest BCUT2D eigenvalue weighted by molar-refractivity contribution is 8.19. The van der Waals surface area contributed by atoms with Crippen molar-refractivity contribution in [3.8, 4) is 0 Å². The summed E-state index contributed by atoms with van der Waals surface area (Å²) in [7, 11) is 0. The average Bonchev–Trinajstić information content (AvgIpc) is 3.44. The lowest BCUT2D eigenvalue weighted by molar-refractivity contribution is -0.122. The minimum atomic E-state index is 0.0570. The Morgan fingerprint density at radius 1 is 1.06 bits per heavy atom. The quantitative estimate of drug-likeness (QED) is 0.377. The molecule has 0 radical (unpaired) electrons. The number of amides is 1. The van der Waals surface area contributed by atoms with Crippen LogP contribution in [0.3, 0.4) is 0 Å². The number of anilines is 1. The molecule has 2 aliphatic heterocycles. The number of fused-ring (bicyclic) bond motifs is 2. The van der Waals surface area contributed by atoms with Gasteiger partial charge in [-0.25, -0.2) is 9.98 Å². The molecule has 0 N–H and O–H groups in total. The first-order valence-corrected chi connectivity index (χ1v) is 13.3. The lowest BCUT2D eigenvalue weighted by atomic mass is 10.3. The van der Waals surface area contributed by atoms with E-state index in [0.717, 1.165) is 55.4 Å². The summed E-state index contributed by atoms with van der Waals surface area (Å²) >= 11 is 4.86. The Morgan fingerprint density at radius 2 is 1.91 bits per heavy atom. The first kappa shape index (κ1) is 21.6. The van der Waals surface area contributed by atoms with Gasteiger partial charge in [-0.1, -0.05) is 37.2 Å². The van der Waals surface area contributed by atoms with Crippen molar-refractivity contribution < 1.29 is 4.79 Å². The van der Waals surface area contributed by atoms with Crippen LogP contribution in [0.5, 0.6) is 0 Å². The van der Waals surface area contributed by atoms with E-state index in [1.165, 1.54) is 22.3 Å². The number of aromatic nitrogens is 1. The largest absolute Gasteiger partial charge is 0.334 e. The number of hydrogen-bond acceptors (Lipinski definition) is 7. The number of carbonyl (C=O) groups is 1. The zero-order chi connectivity index (χ0) is 22.2. The van der Waals surface area contributed by atoms with Gasteiger partial charge in [0.15, 0.2) is 5.17 Å². The summed E-state index contributed by atoms with van der Waals surface area (Å²) in [5.41, 5.74) is 2.97. The van der Waals surface area contributed by atoms with E-state index < -0.39 is 0 Å². The Balaban J connectivity index is 1.55. The molecular formula is C24H24N4OS3. The van der Waals surface area contributed by atoms with Gasteiger partial charge >= 0.3 is 0 Å². The minimum absolute atomic E-state index is 0.0570. The van der Waals surface area contributed by atoms with Crippen molar-refractivity contribution in [2.24, 2.45) is 4.99 Å². The Kier molecular flexibility index (Phi) is 6.01. The SMILES string of the molecule is CCCCN1C(=O)/C(=C2/Sc3ccccc3N2CC)SC1=Nc1ccc2sc(C)nc2c1. The van der Waals surface area contributed by atoms with Crippen molar-refractivity contribution >= 4 is 67.5 Å². The molecule has 3 heterocycles. The summed E-state index contributed by atoms with van der Waals surface area (Å²) in [6.45, 7) is 7.79. The van der Waals surface area contributed by atoms with Gasteiger partial charge in [0.1, 0.15) is 9.93 Å². The van der Waals surface area contributed by atoms with E-state index in [0.29, 0.717) is 6.54 Å². The summed E-state index contributed by atoms with van der Waals surface area (Å²) in [5.74, 6) is 0.0570. The molecule has 1 saturated heterocycles. The molecule has 0 aliphatic carbocycles. The number of aliphatic imine (C=N–C) groups is 1. The molecule has 0 bridgehead atoms. The summed E-state index contributed by atoms with van der Waals surface area (Å²) in [4.78, 5) is 29.1. The molecule has 0 unspecified atom stereocenters. The van der Waals surface area contributed by atoms with Crippen molar-refractivity contribution in [1.82, 2.24) is 9.88 Å². The van der Waals surface area contributed by atoms with Gasteiger partial charge in [0, 0.05) is 18.0 Å². The van der Waals surface area contributed by atoms with Crippen molar-refractivity contribution in [3.05, 3.63) is 57.4 Å². The Morgan fingerprint density at radius 3 is 2.72 bits per heavy atom. The van der Waals surface area contributed by atoms with Crippen molar-refractivity contribution in [2.75, 3.05) is 18.0 Å².